The lowest BCUT2D eigenvalue weighted by Crippen LogP contribution is -2.47. The van der Waals surface area contributed by atoms with Crippen LogP contribution in [0.15, 0.2) is 115 Å². The van der Waals surface area contributed by atoms with E-state index < -0.39 is 7.26 Å². The lowest BCUT2D eigenvalue weighted by molar-refractivity contribution is 0.716. The van der Waals surface area contributed by atoms with E-state index in [2.05, 4.69) is 139 Å². The monoisotopic (exact) mass is 423 g/mol. The molecule has 4 aromatic carbocycles. The SMILES string of the molecule is CN1c2ccccc2N(C)C1C[P+](c1ccccc1)(c1ccccc1)c1ccccc1. The molecule has 2 nitrogen and oxygen atoms in total. The van der Waals surface area contributed by atoms with Crippen LogP contribution in [0.4, 0.5) is 11.4 Å². The summed E-state index contributed by atoms with van der Waals surface area (Å²) in [5, 5.41) is 4.31. The van der Waals surface area contributed by atoms with E-state index in [1.807, 2.05) is 0 Å². The van der Waals surface area contributed by atoms with E-state index in [0.717, 1.165) is 6.16 Å². The molecule has 0 spiro atoms. The minimum Gasteiger partial charge on any atom is -0.350 e. The van der Waals surface area contributed by atoms with Crippen LogP contribution >= 0.6 is 7.26 Å². The topological polar surface area (TPSA) is 6.48 Å². The molecule has 0 amide bonds. The zero-order chi connectivity index (χ0) is 21.3. The molecule has 1 aliphatic heterocycles. The zero-order valence-corrected chi connectivity index (χ0v) is 19.0. The first-order valence-corrected chi connectivity index (χ1v) is 12.8. The Kier molecular flexibility index (Phi) is 5.26. The molecule has 3 heteroatoms. The van der Waals surface area contributed by atoms with Gasteiger partial charge in [-0.05, 0) is 48.5 Å². The van der Waals surface area contributed by atoms with Gasteiger partial charge in [-0.1, -0.05) is 66.7 Å². The fourth-order valence-electron chi connectivity index (χ4n) is 4.94. The van der Waals surface area contributed by atoms with E-state index in [0.29, 0.717) is 0 Å². The van der Waals surface area contributed by atoms with Crippen LogP contribution < -0.4 is 25.7 Å². The first kappa shape index (κ1) is 19.8. The van der Waals surface area contributed by atoms with E-state index in [1.165, 1.54) is 27.3 Å². The summed E-state index contributed by atoms with van der Waals surface area (Å²) in [5.41, 5.74) is 2.62. The van der Waals surface area contributed by atoms with Gasteiger partial charge in [0, 0.05) is 14.1 Å². The summed E-state index contributed by atoms with van der Waals surface area (Å²) in [7, 11) is 2.59. The minimum absolute atomic E-state index is 0.284. The van der Waals surface area contributed by atoms with Gasteiger partial charge in [-0.15, -0.1) is 0 Å². The van der Waals surface area contributed by atoms with Crippen molar-refractivity contribution in [1.29, 1.82) is 0 Å². The van der Waals surface area contributed by atoms with E-state index in [1.54, 1.807) is 0 Å². The Hall–Kier alpha value is -3.09. The van der Waals surface area contributed by atoms with E-state index in [4.69, 9.17) is 0 Å². The Labute approximate surface area is 186 Å². The third-order valence-corrected chi connectivity index (χ3v) is 11.0. The van der Waals surface area contributed by atoms with Crippen LogP contribution in [0.25, 0.3) is 0 Å². The quantitative estimate of drug-likeness (QED) is 0.422. The second-order valence-electron chi connectivity index (χ2n) is 8.19. The van der Waals surface area contributed by atoms with Crippen LogP contribution in [0.1, 0.15) is 0 Å². The van der Waals surface area contributed by atoms with E-state index in [9.17, 15) is 0 Å². The van der Waals surface area contributed by atoms with Crippen LogP contribution in [0.3, 0.4) is 0 Å². The Balaban J connectivity index is 1.72. The average Bonchev–Trinajstić information content (AvgIpc) is 3.09. The first-order valence-electron chi connectivity index (χ1n) is 10.8. The molecular formula is C28H28N2P+. The maximum absolute atomic E-state index is 2.46. The number of hydrogen-bond donors (Lipinski definition) is 0. The Morgan fingerprint density at radius 1 is 0.516 bits per heavy atom. The maximum atomic E-state index is 2.46. The molecular weight excluding hydrogens is 395 g/mol. The number of benzene rings is 4. The van der Waals surface area contributed by atoms with Gasteiger partial charge in [0.1, 0.15) is 35.5 Å². The van der Waals surface area contributed by atoms with Crippen molar-refractivity contribution in [2.24, 2.45) is 0 Å². The van der Waals surface area contributed by atoms with Crippen LogP contribution in [-0.2, 0) is 0 Å². The largest absolute Gasteiger partial charge is 0.350 e. The van der Waals surface area contributed by atoms with Gasteiger partial charge in [-0.2, -0.15) is 0 Å². The van der Waals surface area contributed by atoms with Gasteiger partial charge in [0.25, 0.3) is 0 Å². The highest BCUT2D eigenvalue weighted by atomic mass is 31.2. The molecule has 31 heavy (non-hydrogen) atoms. The van der Waals surface area contributed by atoms with Crippen LogP contribution in [0.5, 0.6) is 0 Å². The molecule has 0 aromatic heterocycles. The van der Waals surface area contributed by atoms with Gasteiger partial charge >= 0.3 is 0 Å². The standard InChI is InChI=1S/C28H28N2P/c1-29-26-20-12-13-21-27(26)30(2)28(29)22-31(23-14-6-3-7-15-23,24-16-8-4-9-17-24)25-18-10-5-11-19-25/h3-21,28H,22H2,1-2H3/q+1. The van der Waals surface area contributed by atoms with Crippen molar-refractivity contribution in [2.45, 2.75) is 6.17 Å². The first-order chi connectivity index (χ1) is 15.2. The lowest BCUT2D eigenvalue weighted by Gasteiger charge is -2.35. The summed E-state index contributed by atoms with van der Waals surface area (Å²) in [6.07, 6.45) is 1.33. The van der Waals surface area contributed by atoms with Crippen molar-refractivity contribution in [1.82, 2.24) is 0 Å². The second kappa shape index (κ2) is 8.21. The van der Waals surface area contributed by atoms with Crippen molar-refractivity contribution >= 4 is 34.6 Å². The number of anilines is 2. The Morgan fingerprint density at radius 2 is 0.839 bits per heavy atom. The fraction of sp³-hybridized carbons (Fsp3) is 0.143. The number of hydrogen-bond acceptors (Lipinski definition) is 2. The molecule has 1 aliphatic rings. The number of para-hydroxylation sites is 2. The predicted molar refractivity (Wildman–Crippen MR) is 137 cm³/mol. The zero-order valence-electron chi connectivity index (χ0n) is 18.1. The fourth-order valence-corrected chi connectivity index (χ4v) is 9.49. The van der Waals surface area contributed by atoms with Crippen molar-refractivity contribution in [3.8, 4) is 0 Å². The smallest absolute Gasteiger partial charge is 0.137 e. The van der Waals surface area contributed by atoms with Gasteiger partial charge in [0.15, 0.2) is 0 Å². The van der Waals surface area contributed by atoms with Crippen molar-refractivity contribution in [3.63, 3.8) is 0 Å². The minimum atomic E-state index is -1.89. The Morgan fingerprint density at radius 3 is 1.19 bits per heavy atom. The van der Waals surface area contributed by atoms with Gasteiger partial charge < -0.3 is 9.80 Å². The molecule has 0 N–H and O–H groups in total. The summed E-state index contributed by atoms with van der Waals surface area (Å²) < 4.78 is 0. The van der Waals surface area contributed by atoms with Crippen LogP contribution in [-0.4, -0.2) is 26.4 Å². The Bertz CT molecular complexity index is 1020. The molecule has 0 fully saturated rings. The molecule has 1 heterocycles. The van der Waals surface area contributed by atoms with Crippen molar-refractivity contribution in [3.05, 3.63) is 115 Å². The molecule has 0 saturated heterocycles. The molecule has 5 rings (SSSR count). The lowest BCUT2D eigenvalue weighted by atomic mass is 10.3. The summed E-state index contributed by atoms with van der Waals surface area (Å²) in [4.78, 5) is 4.91. The second-order valence-corrected chi connectivity index (χ2v) is 11.7. The molecule has 0 unspecified atom stereocenters. The summed E-state index contributed by atoms with van der Waals surface area (Å²) in [6.45, 7) is 0. The highest BCUT2D eigenvalue weighted by Gasteiger charge is 2.50. The summed E-state index contributed by atoms with van der Waals surface area (Å²) >= 11 is 0. The highest BCUT2D eigenvalue weighted by molar-refractivity contribution is 7.95. The molecule has 4 aromatic rings. The summed E-state index contributed by atoms with van der Waals surface area (Å²) in [5.74, 6) is 0. The third kappa shape index (κ3) is 3.32. The van der Waals surface area contributed by atoms with Gasteiger partial charge in [-0.3, -0.25) is 0 Å². The maximum Gasteiger partial charge on any atom is 0.137 e. The molecule has 0 radical (unpaired) electrons. The molecule has 0 bridgehead atoms. The molecule has 0 aliphatic carbocycles. The normalized spacial score (nSPS) is 14.0. The molecule has 0 atom stereocenters. The van der Waals surface area contributed by atoms with Gasteiger partial charge in [0.2, 0.25) is 0 Å². The number of fused-ring (bicyclic) bond motifs is 1. The number of rotatable bonds is 5. The van der Waals surface area contributed by atoms with Crippen molar-refractivity contribution in [2.75, 3.05) is 30.1 Å². The van der Waals surface area contributed by atoms with Gasteiger partial charge in [-0.25, -0.2) is 0 Å². The predicted octanol–water partition coefficient (Wildman–Crippen LogP) is 4.89. The summed E-state index contributed by atoms with van der Waals surface area (Å²) in [6, 6.07) is 42.2. The average molecular weight is 424 g/mol. The number of nitrogens with zero attached hydrogens (tertiary/aromatic N) is 2. The molecule has 0 saturated carbocycles. The van der Waals surface area contributed by atoms with E-state index in [-0.39, 0.29) is 6.17 Å². The van der Waals surface area contributed by atoms with Crippen molar-refractivity contribution < 1.29 is 0 Å². The van der Waals surface area contributed by atoms with Crippen LogP contribution in [0, 0.1) is 0 Å². The van der Waals surface area contributed by atoms with Gasteiger partial charge in [0.05, 0.1) is 11.4 Å². The highest BCUT2D eigenvalue weighted by Crippen LogP contribution is 2.57. The third-order valence-electron chi connectivity index (χ3n) is 6.56. The molecule has 154 valence electrons. The van der Waals surface area contributed by atoms with Crippen LogP contribution in [0.2, 0.25) is 0 Å². The van der Waals surface area contributed by atoms with E-state index >= 15 is 0 Å².